The van der Waals surface area contributed by atoms with Crippen LogP contribution in [-0.2, 0) is 4.79 Å². The standard InChI is InChI=1S/C21H31N3O2/c1-16-7-9-18(10-8-16)20(25)24-12-4-6-19(15-24)21(26)23-11-3-5-17(14-23)13-22-2/h7-10,17,19,22H,3-6,11-15H2,1-2H3. The lowest BCUT2D eigenvalue weighted by Crippen LogP contribution is -2.50. The van der Waals surface area contributed by atoms with E-state index >= 15 is 0 Å². The predicted molar refractivity (Wildman–Crippen MR) is 103 cm³/mol. The summed E-state index contributed by atoms with van der Waals surface area (Å²) < 4.78 is 0. The molecule has 2 atom stereocenters. The Balaban J connectivity index is 1.61. The number of amides is 2. The third kappa shape index (κ3) is 4.44. The maximum Gasteiger partial charge on any atom is 0.253 e. The smallest absolute Gasteiger partial charge is 0.253 e. The number of carbonyl (C=O) groups is 2. The molecule has 5 heteroatoms. The van der Waals surface area contributed by atoms with Crippen LogP contribution in [0.15, 0.2) is 24.3 Å². The molecule has 1 aromatic carbocycles. The van der Waals surface area contributed by atoms with Gasteiger partial charge in [0.05, 0.1) is 5.92 Å². The molecule has 0 aliphatic carbocycles. The van der Waals surface area contributed by atoms with Gasteiger partial charge in [0.2, 0.25) is 5.91 Å². The van der Waals surface area contributed by atoms with E-state index in [9.17, 15) is 9.59 Å². The fourth-order valence-electron chi connectivity index (χ4n) is 4.22. The van der Waals surface area contributed by atoms with Crippen LogP contribution in [0.25, 0.3) is 0 Å². The van der Waals surface area contributed by atoms with Crippen LogP contribution in [0.3, 0.4) is 0 Å². The van der Waals surface area contributed by atoms with Crippen LogP contribution in [0.4, 0.5) is 0 Å². The van der Waals surface area contributed by atoms with Crippen molar-refractivity contribution in [2.24, 2.45) is 11.8 Å². The minimum Gasteiger partial charge on any atom is -0.342 e. The lowest BCUT2D eigenvalue weighted by molar-refractivity contribution is -0.138. The lowest BCUT2D eigenvalue weighted by atomic mass is 9.92. The molecule has 3 rings (SSSR count). The first-order valence-electron chi connectivity index (χ1n) is 9.88. The molecule has 1 N–H and O–H groups in total. The average molecular weight is 357 g/mol. The first-order chi connectivity index (χ1) is 12.6. The van der Waals surface area contributed by atoms with Crippen molar-refractivity contribution < 1.29 is 9.59 Å². The van der Waals surface area contributed by atoms with Crippen molar-refractivity contribution in [3.63, 3.8) is 0 Å². The Morgan fingerprint density at radius 2 is 1.73 bits per heavy atom. The highest BCUT2D eigenvalue weighted by molar-refractivity contribution is 5.94. The Labute approximate surface area is 156 Å². The minimum atomic E-state index is -0.0496. The van der Waals surface area contributed by atoms with Crippen LogP contribution < -0.4 is 5.32 Å². The summed E-state index contributed by atoms with van der Waals surface area (Å²) in [6, 6.07) is 7.71. The molecular weight excluding hydrogens is 326 g/mol. The number of likely N-dealkylation sites (tertiary alicyclic amines) is 2. The Hall–Kier alpha value is -1.88. The number of nitrogens with one attached hydrogen (secondary N) is 1. The Kier molecular flexibility index (Phi) is 6.30. The molecule has 2 fully saturated rings. The second-order valence-electron chi connectivity index (χ2n) is 7.81. The SMILES string of the molecule is CNCC1CCCN(C(=O)C2CCCN(C(=O)c3ccc(C)cc3)C2)C1. The first-order valence-corrected chi connectivity index (χ1v) is 9.88. The maximum atomic E-state index is 13.0. The highest BCUT2D eigenvalue weighted by Gasteiger charge is 2.33. The number of rotatable bonds is 4. The van der Waals surface area contributed by atoms with Gasteiger partial charge in [0.25, 0.3) is 5.91 Å². The van der Waals surface area contributed by atoms with Crippen molar-refractivity contribution in [1.29, 1.82) is 0 Å². The Bertz CT molecular complexity index is 627. The number of aryl methyl sites for hydroxylation is 1. The predicted octanol–water partition coefficient (Wildman–Crippen LogP) is 2.31. The molecule has 2 aliphatic rings. The largest absolute Gasteiger partial charge is 0.342 e. The van der Waals surface area contributed by atoms with Gasteiger partial charge in [0.1, 0.15) is 0 Å². The van der Waals surface area contributed by atoms with Crippen LogP contribution in [-0.4, -0.2) is 61.4 Å². The monoisotopic (exact) mass is 357 g/mol. The molecule has 0 spiro atoms. The number of hydrogen-bond acceptors (Lipinski definition) is 3. The summed E-state index contributed by atoms with van der Waals surface area (Å²) in [5, 5.41) is 3.23. The molecule has 0 aromatic heterocycles. The van der Waals surface area contributed by atoms with Crippen molar-refractivity contribution in [2.45, 2.75) is 32.6 Å². The second-order valence-corrected chi connectivity index (χ2v) is 7.81. The van der Waals surface area contributed by atoms with E-state index < -0.39 is 0 Å². The molecule has 2 unspecified atom stereocenters. The molecule has 1 aromatic rings. The second kappa shape index (κ2) is 8.67. The Morgan fingerprint density at radius 3 is 2.46 bits per heavy atom. The van der Waals surface area contributed by atoms with Gasteiger partial charge in [-0.3, -0.25) is 9.59 Å². The van der Waals surface area contributed by atoms with Gasteiger partial charge < -0.3 is 15.1 Å². The molecule has 142 valence electrons. The number of hydrogen-bond donors (Lipinski definition) is 1. The summed E-state index contributed by atoms with van der Waals surface area (Å²) in [7, 11) is 1.97. The summed E-state index contributed by atoms with van der Waals surface area (Å²) in [6.07, 6.45) is 4.07. The summed E-state index contributed by atoms with van der Waals surface area (Å²) in [6.45, 7) is 6.00. The Morgan fingerprint density at radius 1 is 1.04 bits per heavy atom. The number of nitrogens with zero attached hydrogens (tertiary/aromatic N) is 2. The van der Waals surface area contributed by atoms with E-state index in [-0.39, 0.29) is 17.7 Å². The minimum absolute atomic E-state index is 0.0496. The topological polar surface area (TPSA) is 52.7 Å². The van der Waals surface area contributed by atoms with Crippen LogP contribution in [0.5, 0.6) is 0 Å². The molecule has 0 bridgehead atoms. The third-order valence-corrected chi connectivity index (χ3v) is 5.68. The summed E-state index contributed by atoms with van der Waals surface area (Å²) in [5.74, 6) is 0.791. The molecule has 0 saturated carbocycles. The molecular formula is C21H31N3O2. The number of benzene rings is 1. The van der Waals surface area contributed by atoms with Crippen molar-refractivity contribution in [1.82, 2.24) is 15.1 Å². The van der Waals surface area contributed by atoms with Crippen LogP contribution in [0.2, 0.25) is 0 Å². The maximum absolute atomic E-state index is 13.0. The average Bonchev–Trinajstić information content (AvgIpc) is 2.68. The lowest BCUT2D eigenvalue weighted by Gasteiger charge is -2.38. The van der Waals surface area contributed by atoms with Gasteiger partial charge in [-0.1, -0.05) is 17.7 Å². The van der Waals surface area contributed by atoms with Crippen molar-refractivity contribution in [2.75, 3.05) is 39.8 Å². The van der Waals surface area contributed by atoms with E-state index in [0.717, 1.165) is 56.6 Å². The fourth-order valence-corrected chi connectivity index (χ4v) is 4.22. The zero-order valence-electron chi connectivity index (χ0n) is 16.0. The van der Waals surface area contributed by atoms with Crippen LogP contribution in [0, 0.1) is 18.8 Å². The van der Waals surface area contributed by atoms with Crippen LogP contribution in [0.1, 0.15) is 41.6 Å². The van der Waals surface area contributed by atoms with Crippen LogP contribution >= 0.6 is 0 Å². The summed E-state index contributed by atoms with van der Waals surface area (Å²) in [5.41, 5.74) is 1.87. The van der Waals surface area contributed by atoms with Crippen molar-refractivity contribution in [3.8, 4) is 0 Å². The quantitative estimate of drug-likeness (QED) is 0.900. The number of carbonyl (C=O) groups excluding carboxylic acids is 2. The van der Waals surface area contributed by atoms with E-state index in [1.54, 1.807) is 0 Å². The van der Waals surface area contributed by atoms with Crippen molar-refractivity contribution in [3.05, 3.63) is 35.4 Å². The molecule has 26 heavy (non-hydrogen) atoms. The van der Waals surface area contributed by atoms with E-state index in [2.05, 4.69) is 5.32 Å². The fraction of sp³-hybridized carbons (Fsp3) is 0.619. The van der Waals surface area contributed by atoms with Gasteiger partial charge in [-0.05, 0) is 64.3 Å². The van der Waals surface area contributed by atoms with E-state index in [4.69, 9.17) is 0 Å². The molecule has 0 radical (unpaired) electrons. The van der Waals surface area contributed by atoms with Gasteiger partial charge in [-0.15, -0.1) is 0 Å². The molecule has 2 heterocycles. The number of piperidine rings is 2. The third-order valence-electron chi connectivity index (χ3n) is 5.68. The normalized spacial score (nSPS) is 23.8. The van der Waals surface area contributed by atoms with Gasteiger partial charge in [-0.25, -0.2) is 0 Å². The van der Waals surface area contributed by atoms with Gasteiger partial charge in [0, 0.05) is 31.7 Å². The molecule has 2 aliphatic heterocycles. The zero-order valence-corrected chi connectivity index (χ0v) is 16.0. The van der Waals surface area contributed by atoms with Gasteiger partial charge in [0.15, 0.2) is 0 Å². The molecule has 2 saturated heterocycles. The highest BCUT2D eigenvalue weighted by Crippen LogP contribution is 2.24. The van der Waals surface area contributed by atoms with E-state index in [1.165, 1.54) is 6.42 Å². The summed E-state index contributed by atoms with van der Waals surface area (Å²) >= 11 is 0. The van der Waals surface area contributed by atoms with E-state index in [0.29, 0.717) is 12.5 Å². The highest BCUT2D eigenvalue weighted by atomic mass is 16.2. The van der Waals surface area contributed by atoms with Gasteiger partial charge >= 0.3 is 0 Å². The molecule has 5 nitrogen and oxygen atoms in total. The van der Waals surface area contributed by atoms with Gasteiger partial charge in [-0.2, -0.15) is 0 Å². The van der Waals surface area contributed by atoms with E-state index in [1.807, 2.05) is 48.0 Å². The molecule has 2 amide bonds. The summed E-state index contributed by atoms with van der Waals surface area (Å²) in [4.78, 5) is 29.7. The first kappa shape index (κ1) is 18.9. The van der Waals surface area contributed by atoms with Crippen molar-refractivity contribution >= 4 is 11.8 Å². The zero-order chi connectivity index (χ0) is 18.5.